The summed E-state index contributed by atoms with van der Waals surface area (Å²) in [6.07, 6.45) is 3.25. The zero-order valence-corrected chi connectivity index (χ0v) is 11.8. The number of hydrogen-bond acceptors (Lipinski definition) is 4. The minimum Gasteiger partial charge on any atom is -0.392 e. The summed E-state index contributed by atoms with van der Waals surface area (Å²) in [4.78, 5) is 24.1. The summed E-state index contributed by atoms with van der Waals surface area (Å²) in [7, 11) is 0. The van der Waals surface area contributed by atoms with Crippen LogP contribution in [0.4, 0.5) is 15.8 Å². The van der Waals surface area contributed by atoms with Crippen LogP contribution in [0.2, 0.25) is 0 Å². The van der Waals surface area contributed by atoms with Crippen molar-refractivity contribution in [3.8, 4) is 0 Å². The van der Waals surface area contributed by atoms with E-state index in [2.05, 4.69) is 0 Å². The van der Waals surface area contributed by atoms with Crippen LogP contribution in [0, 0.1) is 21.8 Å². The van der Waals surface area contributed by atoms with Crippen molar-refractivity contribution >= 4 is 17.3 Å². The first kappa shape index (κ1) is 15.2. The Balaban J connectivity index is 2.32. The van der Waals surface area contributed by atoms with Crippen LogP contribution in [0.1, 0.15) is 36.5 Å². The molecule has 21 heavy (non-hydrogen) atoms. The number of amides is 1. The molecule has 1 fully saturated rings. The van der Waals surface area contributed by atoms with Gasteiger partial charge in [-0.05, 0) is 31.7 Å². The number of nitrogen functional groups attached to an aromatic ring is 1. The minimum atomic E-state index is -0.824. The van der Waals surface area contributed by atoms with Crippen molar-refractivity contribution in [2.24, 2.45) is 5.92 Å². The molecule has 0 unspecified atom stereocenters. The van der Waals surface area contributed by atoms with Gasteiger partial charge in [0.1, 0.15) is 17.1 Å². The number of nitrogens with two attached hydrogens (primary N) is 1. The van der Waals surface area contributed by atoms with Gasteiger partial charge in [-0.3, -0.25) is 14.9 Å². The van der Waals surface area contributed by atoms with Crippen LogP contribution in [0.3, 0.4) is 0 Å². The lowest BCUT2D eigenvalue weighted by Gasteiger charge is -2.32. The number of carbonyl (C=O) groups excluding carboxylic acids is 1. The molecule has 0 radical (unpaired) electrons. The van der Waals surface area contributed by atoms with Gasteiger partial charge in [0.15, 0.2) is 0 Å². The molecule has 1 saturated carbocycles. The summed E-state index contributed by atoms with van der Waals surface area (Å²) in [6, 6.07) is 1.89. The Morgan fingerprint density at radius 2 is 2.19 bits per heavy atom. The highest BCUT2D eigenvalue weighted by atomic mass is 19.1. The van der Waals surface area contributed by atoms with Crippen molar-refractivity contribution in [2.75, 3.05) is 18.8 Å². The van der Waals surface area contributed by atoms with E-state index in [0.29, 0.717) is 19.0 Å². The number of hydrogen-bond donors (Lipinski definition) is 1. The number of anilines is 1. The van der Waals surface area contributed by atoms with Gasteiger partial charge in [-0.25, -0.2) is 4.39 Å². The molecule has 6 nitrogen and oxygen atoms in total. The van der Waals surface area contributed by atoms with Crippen LogP contribution >= 0.6 is 0 Å². The van der Waals surface area contributed by atoms with E-state index in [9.17, 15) is 19.3 Å². The van der Waals surface area contributed by atoms with Crippen LogP contribution in [0.15, 0.2) is 12.1 Å². The number of benzene rings is 1. The fourth-order valence-corrected chi connectivity index (χ4v) is 2.46. The van der Waals surface area contributed by atoms with Gasteiger partial charge in [0, 0.05) is 19.2 Å². The molecular formula is C14H18FN3O3. The van der Waals surface area contributed by atoms with Crippen molar-refractivity contribution in [1.82, 2.24) is 4.90 Å². The number of halogens is 1. The second kappa shape index (κ2) is 6.07. The lowest BCUT2D eigenvalue weighted by atomic mass is 9.85. The first-order valence-corrected chi connectivity index (χ1v) is 6.97. The molecule has 2 N–H and O–H groups in total. The lowest BCUT2D eigenvalue weighted by molar-refractivity contribution is -0.384. The molecule has 7 heteroatoms. The molecular weight excluding hydrogens is 277 g/mol. The molecule has 1 aliphatic rings. The largest absolute Gasteiger partial charge is 0.392 e. The third kappa shape index (κ3) is 2.96. The normalized spacial score (nSPS) is 14.6. The summed E-state index contributed by atoms with van der Waals surface area (Å²) in [5, 5.41) is 10.9. The number of nitro benzene ring substituents is 1. The van der Waals surface area contributed by atoms with E-state index in [4.69, 9.17) is 5.73 Å². The van der Waals surface area contributed by atoms with E-state index in [0.717, 1.165) is 31.4 Å². The molecule has 0 bridgehead atoms. The van der Waals surface area contributed by atoms with Crippen molar-refractivity contribution in [2.45, 2.75) is 26.2 Å². The molecule has 0 atom stereocenters. The van der Waals surface area contributed by atoms with Crippen LogP contribution < -0.4 is 5.73 Å². The third-order valence-corrected chi connectivity index (χ3v) is 3.95. The SMILES string of the molecule is CCN(CC1CCC1)C(=O)c1c(F)ccc([N+](=O)[O-])c1N. The van der Waals surface area contributed by atoms with Crippen molar-refractivity contribution in [3.05, 3.63) is 33.6 Å². The van der Waals surface area contributed by atoms with Crippen molar-refractivity contribution in [1.29, 1.82) is 0 Å². The Morgan fingerprint density at radius 1 is 1.52 bits per heavy atom. The molecule has 0 aromatic heterocycles. The van der Waals surface area contributed by atoms with Crippen molar-refractivity contribution < 1.29 is 14.1 Å². The molecule has 0 heterocycles. The van der Waals surface area contributed by atoms with E-state index in [-0.39, 0.29) is 0 Å². The van der Waals surface area contributed by atoms with Gasteiger partial charge in [0.2, 0.25) is 0 Å². The van der Waals surface area contributed by atoms with Crippen LogP contribution in [0.25, 0.3) is 0 Å². The Labute approximate surface area is 121 Å². The fourth-order valence-electron chi connectivity index (χ4n) is 2.46. The Morgan fingerprint density at radius 3 is 2.67 bits per heavy atom. The predicted molar refractivity (Wildman–Crippen MR) is 76.4 cm³/mol. The maximum absolute atomic E-state index is 13.9. The monoisotopic (exact) mass is 295 g/mol. The summed E-state index contributed by atoms with van der Waals surface area (Å²) >= 11 is 0. The summed E-state index contributed by atoms with van der Waals surface area (Å²) in [6.45, 7) is 2.75. The summed E-state index contributed by atoms with van der Waals surface area (Å²) in [5.74, 6) is -0.977. The molecule has 1 aromatic rings. The molecule has 1 aromatic carbocycles. The number of nitro groups is 1. The first-order chi connectivity index (χ1) is 9.95. The highest BCUT2D eigenvalue weighted by Gasteiger charge is 2.29. The topological polar surface area (TPSA) is 89.5 Å². The van der Waals surface area contributed by atoms with Gasteiger partial charge in [-0.1, -0.05) is 6.42 Å². The highest BCUT2D eigenvalue weighted by Crippen LogP contribution is 2.31. The Hall–Kier alpha value is -2.18. The zero-order chi connectivity index (χ0) is 15.6. The van der Waals surface area contributed by atoms with Gasteiger partial charge < -0.3 is 10.6 Å². The second-order valence-corrected chi connectivity index (χ2v) is 5.25. The average molecular weight is 295 g/mol. The Bertz CT molecular complexity index is 573. The smallest absolute Gasteiger partial charge is 0.293 e. The Kier molecular flexibility index (Phi) is 4.40. The molecule has 1 aliphatic carbocycles. The van der Waals surface area contributed by atoms with Crippen LogP contribution in [-0.4, -0.2) is 28.8 Å². The second-order valence-electron chi connectivity index (χ2n) is 5.25. The third-order valence-electron chi connectivity index (χ3n) is 3.95. The quantitative estimate of drug-likeness (QED) is 0.513. The zero-order valence-electron chi connectivity index (χ0n) is 11.8. The lowest BCUT2D eigenvalue weighted by Crippen LogP contribution is -2.38. The number of nitrogens with zero attached hydrogens (tertiary/aromatic N) is 2. The molecule has 0 aliphatic heterocycles. The summed E-state index contributed by atoms with van der Waals surface area (Å²) in [5.41, 5.74) is 4.38. The maximum Gasteiger partial charge on any atom is 0.293 e. The van der Waals surface area contributed by atoms with E-state index >= 15 is 0 Å². The number of carbonyl (C=O) groups is 1. The highest BCUT2D eigenvalue weighted by molar-refractivity contribution is 6.01. The maximum atomic E-state index is 13.9. The van der Waals surface area contributed by atoms with Crippen LogP contribution in [-0.2, 0) is 0 Å². The van der Waals surface area contributed by atoms with Gasteiger partial charge in [0.25, 0.3) is 11.6 Å². The van der Waals surface area contributed by atoms with Gasteiger partial charge >= 0.3 is 0 Å². The van der Waals surface area contributed by atoms with Gasteiger partial charge in [-0.15, -0.1) is 0 Å². The van der Waals surface area contributed by atoms with E-state index in [1.165, 1.54) is 4.90 Å². The summed E-state index contributed by atoms with van der Waals surface area (Å²) < 4.78 is 13.9. The molecule has 0 saturated heterocycles. The van der Waals surface area contributed by atoms with E-state index < -0.39 is 33.6 Å². The van der Waals surface area contributed by atoms with E-state index in [1.54, 1.807) is 6.92 Å². The molecule has 114 valence electrons. The van der Waals surface area contributed by atoms with E-state index in [1.807, 2.05) is 0 Å². The fraction of sp³-hybridized carbons (Fsp3) is 0.500. The first-order valence-electron chi connectivity index (χ1n) is 6.97. The number of rotatable bonds is 5. The van der Waals surface area contributed by atoms with Crippen LogP contribution in [0.5, 0.6) is 0 Å². The predicted octanol–water partition coefficient (Wildman–Crippen LogP) is 2.58. The average Bonchev–Trinajstić information content (AvgIpc) is 2.37. The molecule has 0 spiro atoms. The molecule has 1 amide bonds. The van der Waals surface area contributed by atoms with Gasteiger partial charge in [0.05, 0.1) is 4.92 Å². The minimum absolute atomic E-state index is 0.398. The standard InChI is InChI=1S/C14H18FN3O3/c1-2-17(8-9-4-3-5-9)14(19)12-10(15)6-7-11(13(12)16)18(20)21/h6-7,9H,2-5,8,16H2,1H3. The molecule has 2 rings (SSSR count). The van der Waals surface area contributed by atoms with Crippen molar-refractivity contribution in [3.63, 3.8) is 0 Å². The van der Waals surface area contributed by atoms with Gasteiger partial charge in [-0.2, -0.15) is 0 Å².